The summed E-state index contributed by atoms with van der Waals surface area (Å²) in [4.78, 5) is 15.4. The number of hydrogen-bond donors (Lipinski definition) is 1. The highest BCUT2D eigenvalue weighted by Crippen LogP contribution is 2.57. The fourth-order valence-corrected chi connectivity index (χ4v) is 5.23. The molecule has 2 fully saturated rings. The Hall–Kier alpha value is -2.83. The highest BCUT2D eigenvalue weighted by atomic mass is 19.3. The van der Waals surface area contributed by atoms with Crippen LogP contribution in [-0.4, -0.2) is 25.0 Å². The predicted octanol–water partition coefficient (Wildman–Crippen LogP) is 5.20. The lowest BCUT2D eigenvalue weighted by molar-refractivity contribution is -0.126. The van der Waals surface area contributed by atoms with Gasteiger partial charge in [-0.3, -0.25) is 4.79 Å². The predicted molar refractivity (Wildman–Crippen MR) is 118 cm³/mol. The minimum Gasteiger partial charge on any atom is -0.497 e. The zero-order valence-corrected chi connectivity index (χ0v) is 18.2. The molecule has 1 spiro atoms. The molecule has 0 atom stereocenters. The van der Waals surface area contributed by atoms with E-state index in [4.69, 9.17) is 15.2 Å². The van der Waals surface area contributed by atoms with Crippen molar-refractivity contribution in [2.24, 2.45) is 0 Å². The zero-order valence-electron chi connectivity index (χ0n) is 18.2. The number of anilines is 2. The number of benzene rings is 2. The Labute approximate surface area is 186 Å². The zero-order chi connectivity index (χ0) is 22.5. The van der Waals surface area contributed by atoms with Crippen LogP contribution in [0, 0.1) is 0 Å². The molecule has 0 aromatic heterocycles. The first-order valence-corrected chi connectivity index (χ1v) is 11.2. The lowest BCUT2D eigenvalue weighted by atomic mass is 9.65. The van der Waals surface area contributed by atoms with Crippen LogP contribution in [0.2, 0.25) is 0 Å². The van der Waals surface area contributed by atoms with E-state index in [1.165, 1.54) is 0 Å². The van der Waals surface area contributed by atoms with Gasteiger partial charge in [-0.15, -0.1) is 0 Å². The first kappa shape index (κ1) is 21.0. The van der Waals surface area contributed by atoms with Crippen LogP contribution in [0.3, 0.4) is 0 Å². The third-order valence-corrected chi connectivity index (χ3v) is 7.20. The lowest BCUT2D eigenvalue weighted by Crippen LogP contribution is -2.44. The Morgan fingerprint density at radius 3 is 2.38 bits per heavy atom. The summed E-state index contributed by atoms with van der Waals surface area (Å²) >= 11 is 0. The molecule has 3 aliphatic rings. The first-order valence-electron chi connectivity index (χ1n) is 11.2. The third-order valence-electron chi connectivity index (χ3n) is 7.20. The first-order chi connectivity index (χ1) is 15.3. The maximum absolute atomic E-state index is 13.6. The number of amides is 1. The topological polar surface area (TPSA) is 64.8 Å². The summed E-state index contributed by atoms with van der Waals surface area (Å²) in [6.45, 7) is 0.403. The molecule has 1 aliphatic heterocycles. The van der Waals surface area contributed by atoms with Crippen molar-refractivity contribution in [3.8, 4) is 11.5 Å². The Kier molecular flexibility index (Phi) is 5.02. The van der Waals surface area contributed by atoms with Crippen LogP contribution in [0.5, 0.6) is 11.5 Å². The van der Waals surface area contributed by atoms with Crippen LogP contribution in [0.25, 0.3) is 0 Å². The van der Waals surface area contributed by atoms with Crippen LogP contribution in [0.4, 0.5) is 20.2 Å². The van der Waals surface area contributed by atoms with Gasteiger partial charge in [-0.1, -0.05) is 18.6 Å². The van der Waals surface area contributed by atoms with Crippen LogP contribution < -0.4 is 20.1 Å². The summed E-state index contributed by atoms with van der Waals surface area (Å²) in [6.07, 6.45) is 2.47. The maximum atomic E-state index is 13.6. The van der Waals surface area contributed by atoms with E-state index >= 15 is 0 Å². The molecule has 2 aromatic carbocycles. The Morgan fingerprint density at radius 2 is 1.78 bits per heavy atom. The second kappa shape index (κ2) is 7.64. The minimum atomic E-state index is -2.62. The molecule has 2 N–H and O–H groups in total. The molecule has 1 amide bonds. The van der Waals surface area contributed by atoms with E-state index in [2.05, 4.69) is 0 Å². The van der Waals surface area contributed by atoms with Crippen LogP contribution in [0.1, 0.15) is 56.1 Å². The number of hydrogen-bond acceptors (Lipinski definition) is 4. The second-order valence-corrected chi connectivity index (χ2v) is 9.26. The van der Waals surface area contributed by atoms with E-state index in [1.807, 2.05) is 30.3 Å². The number of alkyl halides is 2. The molecular weight excluding hydrogens is 414 g/mol. The van der Waals surface area contributed by atoms with Gasteiger partial charge in [0.1, 0.15) is 11.5 Å². The minimum absolute atomic E-state index is 0.0696. The highest BCUT2D eigenvalue weighted by Gasteiger charge is 2.55. The van der Waals surface area contributed by atoms with Crippen molar-refractivity contribution in [2.75, 3.05) is 17.7 Å². The summed E-state index contributed by atoms with van der Waals surface area (Å²) in [5.41, 5.74) is 8.83. The number of nitrogen functional groups attached to an aromatic ring is 1. The van der Waals surface area contributed by atoms with Gasteiger partial charge in [0.05, 0.1) is 30.9 Å². The van der Waals surface area contributed by atoms with Gasteiger partial charge >= 0.3 is 0 Å². The molecule has 170 valence electrons. The molecule has 0 saturated heterocycles. The summed E-state index contributed by atoms with van der Waals surface area (Å²) in [5.74, 6) is -1.27. The summed E-state index contributed by atoms with van der Waals surface area (Å²) < 4.78 is 38.8. The van der Waals surface area contributed by atoms with Crippen molar-refractivity contribution < 1.29 is 23.0 Å². The number of ether oxygens (including phenoxy) is 2. The number of nitrogens with two attached hydrogens (primary N) is 1. The van der Waals surface area contributed by atoms with E-state index in [0.29, 0.717) is 18.0 Å². The largest absolute Gasteiger partial charge is 0.497 e. The average Bonchev–Trinajstić information content (AvgIpc) is 2.98. The number of carbonyl (C=O) groups is 1. The van der Waals surface area contributed by atoms with Crippen molar-refractivity contribution in [1.29, 1.82) is 0 Å². The SMILES string of the molecule is COc1ccc(CN2C(=O)C3(CCC3)c3cc(N)cc(OC4CCC(F)(F)CC4)c32)cc1. The fourth-order valence-electron chi connectivity index (χ4n) is 5.23. The van der Waals surface area contributed by atoms with Crippen molar-refractivity contribution in [3.05, 3.63) is 47.5 Å². The Morgan fingerprint density at radius 1 is 1.09 bits per heavy atom. The van der Waals surface area contributed by atoms with Gasteiger partial charge < -0.3 is 20.1 Å². The standard InChI is InChI=1S/C25H28F2N2O3/c1-31-18-5-3-16(4-6-18)15-29-22-20(24(23(29)30)9-2-10-24)13-17(28)14-21(22)32-19-7-11-25(26,27)12-8-19/h3-6,13-14,19H,2,7-12,15,28H2,1H3. The molecule has 2 aromatic rings. The highest BCUT2D eigenvalue weighted by molar-refractivity contribution is 6.10. The van der Waals surface area contributed by atoms with E-state index in [-0.39, 0.29) is 37.7 Å². The molecular formula is C25H28F2N2O3. The van der Waals surface area contributed by atoms with Gasteiger partial charge in [0.2, 0.25) is 11.8 Å². The fraction of sp³-hybridized carbons (Fsp3) is 0.480. The summed E-state index contributed by atoms with van der Waals surface area (Å²) in [5, 5.41) is 0. The molecule has 32 heavy (non-hydrogen) atoms. The number of halogens is 2. The maximum Gasteiger partial charge on any atom is 0.248 e. The van der Waals surface area contributed by atoms with Gasteiger partial charge in [0, 0.05) is 24.6 Å². The molecule has 2 saturated carbocycles. The summed E-state index contributed by atoms with van der Waals surface area (Å²) in [6, 6.07) is 11.3. The quantitative estimate of drug-likeness (QED) is 0.647. The lowest BCUT2D eigenvalue weighted by Gasteiger charge is -2.37. The average molecular weight is 443 g/mol. The van der Waals surface area contributed by atoms with Crippen LogP contribution in [0.15, 0.2) is 36.4 Å². The molecule has 5 nitrogen and oxygen atoms in total. The van der Waals surface area contributed by atoms with Crippen LogP contribution in [-0.2, 0) is 16.8 Å². The third kappa shape index (κ3) is 3.48. The normalized spacial score (nSPS) is 21.3. The number of carbonyl (C=O) groups excluding carboxylic acids is 1. The van der Waals surface area contributed by atoms with Gasteiger partial charge in [-0.2, -0.15) is 0 Å². The molecule has 7 heteroatoms. The van der Waals surface area contributed by atoms with E-state index < -0.39 is 11.3 Å². The molecule has 0 bridgehead atoms. The van der Waals surface area contributed by atoms with Crippen molar-refractivity contribution >= 4 is 17.3 Å². The number of fused-ring (bicyclic) bond motifs is 2. The van der Waals surface area contributed by atoms with Crippen molar-refractivity contribution in [2.45, 2.75) is 68.9 Å². The van der Waals surface area contributed by atoms with Gasteiger partial charge in [-0.05, 0) is 55.0 Å². The van der Waals surface area contributed by atoms with E-state index in [9.17, 15) is 13.6 Å². The van der Waals surface area contributed by atoms with Crippen molar-refractivity contribution in [1.82, 2.24) is 0 Å². The Balaban J connectivity index is 1.50. The molecule has 1 heterocycles. The molecule has 2 aliphatic carbocycles. The van der Waals surface area contributed by atoms with Gasteiger partial charge in [0.15, 0.2) is 0 Å². The molecule has 0 radical (unpaired) electrons. The second-order valence-electron chi connectivity index (χ2n) is 9.26. The smallest absolute Gasteiger partial charge is 0.248 e. The van der Waals surface area contributed by atoms with Crippen LogP contribution >= 0.6 is 0 Å². The number of methoxy groups -OCH3 is 1. The monoisotopic (exact) mass is 442 g/mol. The summed E-state index contributed by atoms with van der Waals surface area (Å²) in [7, 11) is 1.62. The molecule has 0 unspecified atom stereocenters. The van der Waals surface area contributed by atoms with Crippen molar-refractivity contribution in [3.63, 3.8) is 0 Å². The Bertz CT molecular complexity index is 1020. The number of nitrogens with zero attached hydrogens (tertiary/aromatic N) is 1. The molecule has 5 rings (SSSR count). The van der Waals surface area contributed by atoms with Gasteiger partial charge in [-0.25, -0.2) is 8.78 Å². The number of rotatable bonds is 5. The van der Waals surface area contributed by atoms with E-state index in [1.54, 1.807) is 18.1 Å². The van der Waals surface area contributed by atoms with Gasteiger partial charge in [0.25, 0.3) is 0 Å². The van der Waals surface area contributed by atoms with E-state index in [0.717, 1.165) is 41.8 Å².